The quantitative estimate of drug-likeness (QED) is 0.529. The summed E-state index contributed by atoms with van der Waals surface area (Å²) in [4.78, 5) is 13.5. The number of rotatable bonds is 6. The number of aryl methyl sites for hydroxylation is 1. The number of pyridine rings is 2. The van der Waals surface area contributed by atoms with E-state index in [-0.39, 0.29) is 0 Å². The first kappa shape index (κ1) is 22.6. The van der Waals surface area contributed by atoms with Gasteiger partial charge in [-0.05, 0) is 82.1 Å². The van der Waals surface area contributed by atoms with Gasteiger partial charge in [0.25, 0.3) is 0 Å². The van der Waals surface area contributed by atoms with Gasteiger partial charge in [-0.1, -0.05) is 18.2 Å². The van der Waals surface area contributed by atoms with E-state index in [4.69, 9.17) is 9.72 Å². The monoisotopic (exact) mass is 459 g/mol. The minimum atomic E-state index is -0.977. The van der Waals surface area contributed by atoms with Crippen molar-refractivity contribution in [2.24, 2.45) is 0 Å². The van der Waals surface area contributed by atoms with Crippen LogP contribution in [0.3, 0.4) is 0 Å². The topological polar surface area (TPSA) is 73.8 Å². The molecule has 2 aromatic heterocycles. The second-order valence-electron chi connectivity index (χ2n) is 9.96. The second kappa shape index (κ2) is 9.24. The number of aliphatic hydroxyl groups is 1. The fourth-order valence-electron chi connectivity index (χ4n) is 4.79. The Bertz CT molecular complexity index is 1160. The molecule has 2 aliphatic heterocycles. The van der Waals surface area contributed by atoms with Gasteiger partial charge in [0.1, 0.15) is 5.60 Å². The maximum atomic E-state index is 11.1. The number of anilines is 2. The Labute approximate surface area is 201 Å². The van der Waals surface area contributed by atoms with Gasteiger partial charge in [-0.25, -0.2) is 4.98 Å². The lowest BCUT2D eigenvalue weighted by atomic mass is 10.0. The summed E-state index contributed by atoms with van der Waals surface area (Å²) in [6.07, 6.45) is 5.09. The molecule has 2 N–H and O–H groups in total. The van der Waals surface area contributed by atoms with Crippen LogP contribution in [0.5, 0.6) is 5.75 Å². The zero-order valence-corrected chi connectivity index (χ0v) is 20.2. The molecule has 34 heavy (non-hydrogen) atoms. The molecule has 0 spiro atoms. The number of hydrogen-bond acceptors (Lipinski definition) is 7. The summed E-state index contributed by atoms with van der Waals surface area (Å²) in [7, 11) is 0. The minimum absolute atomic E-state index is 0.473. The lowest BCUT2D eigenvalue weighted by molar-refractivity contribution is 0.0807. The Morgan fingerprint density at radius 1 is 1.12 bits per heavy atom. The van der Waals surface area contributed by atoms with Gasteiger partial charge >= 0.3 is 0 Å². The van der Waals surface area contributed by atoms with Crippen molar-refractivity contribution < 1.29 is 9.84 Å². The van der Waals surface area contributed by atoms with Crippen LogP contribution in [0, 0.1) is 6.92 Å². The summed E-state index contributed by atoms with van der Waals surface area (Å²) >= 11 is 0. The number of fused-ring (bicyclic) bond motifs is 1. The summed E-state index contributed by atoms with van der Waals surface area (Å²) in [6, 6.07) is 14.5. The minimum Gasteiger partial charge on any atom is -0.482 e. The summed E-state index contributed by atoms with van der Waals surface area (Å²) in [5.41, 5.74) is 4.52. The maximum Gasteiger partial charge on any atom is 0.206 e. The molecule has 0 bridgehead atoms. The Hall–Kier alpha value is -3.16. The highest BCUT2D eigenvalue weighted by atomic mass is 16.5. The highest BCUT2D eigenvalue weighted by Gasteiger charge is 2.36. The molecule has 7 nitrogen and oxygen atoms in total. The summed E-state index contributed by atoms with van der Waals surface area (Å²) < 4.78 is 6.21. The van der Waals surface area contributed by atoms with Crippen LogP contribution in [0.4, 0.5) is 11.5 Å². The molecule has 3 aromatic rings. The number of aromatic nitrogens is 2. The lowest BCUT2D eigenvalue weighted by Crippen LogP contribution is -2.53. The van der Waals surface area contributed by atoms with Crippen molar-refractivity contribution in [1.82, 2.24) is 14.9 Å². The molecule has 1 unspecified atom stereocenters. The zero-order valence-electron chi connectivity index (χ0n) is 20.2. The van der Waals surface area contributed by atoms with Crippen molar-refractivity contribution in [2.45, 2.75) is 52.1 Å². The van der Waals surface area contributed by atoms with Crippen LogP contribution in [-0.4, -0.2) is 51.6 Å². The van der Waals surface area contributed by atoms with Gasteiger partial charge < -0.3 is 20.1 Å². The average Bonchev–Trinajstić information content (AvgIpc) is 3.31. The number of benzene rings is 1. The van der Waals surface area contributed by atoms with E-state index in [9.17, 15) is 5.11 Å². The summed E-state index contributed by atoms with van der Waals surface area (Å²) in [5, 5.41) is 14.3. The summed E-state index contributed by atoms with van der Waals surface area (Å²) in [6.45, 7) is 9.80. The molecule has 0 radical (unpaired) electrons. The van der Waals surface area contributed by atoms with E-state index in [0.29, 0.717) is 18.1 Å². The van der Waals surface area contributed by atoms with Crippen LogP contribution in [0.25, 0.3) is 11.3 Å². The third-order valence-electron chi connectivity index (χ3n) is 6.34. The molecule has 0 aliphatic carbocycles. The van der Waals surface area contributed by atoms with E-state index in [1.54, 1.807) is 12.4 Å². The van der Waals surface area contributed by atoms with E-state index in [1.807, 2.05) is 43.9 Å². The molecular formula is C27H33N5O2. The number of hydrogen-bond donors (Lipinski definition) is 2. The van der Waals surface area contributed by atoms with Gasteiger partial charge in [0.15, 0.2) is 11.6 Å². The zero-order chi connectivity index (χ0) is 23.7. The molecule has 7 heteroatoms. The highest BCUT2D eigenvalue weighted by molar-refractivity contribution is 5.67. The Morgan fingerprint density at radius 3 is 2.74 bits per heavy atom. The molecule has 1 fully saturated rings. The van der Waals surface area contributed by atoms with Gasteiger partial charge in [0.2, 0.25) is 6.35 Å². The van der Waals surface area contributed by atoms with Crippen LogP contribution in [0.2, 0.25) is 0 Å². The number of ether oxygens (including phenoxy) is 1. The SMILES string of the molecule is Cc1cncc(NC(O)N2CC(C)(C)Oc3ccc(-c4cccc(CN5CCCC5)c4)nc32)c1. The standard InChI is InChI=1S/C27H33N5O2/c1-19-13-22(16-28-15-19)29-26(33)32-18-27(2,3)34-24-10-9-23(30-25(24)32)21-8-6-7-20(14-21)17-31-11-4-5-12-31/h6-10,13-16,26,29,33H,4-5,11-12,17-18H2,1-3H3. The van der Waals surface area contributed by atoms with E-state index >= 15 is 0 Å². The Balaban J connectivity index is 1.44. The van der Waals surface area contributed by atoms with Crippen molar-refractivity contribution >= 4 is 11.5 Å². The third-order valence-corrected chi connectivity index (χ3v) is 6.34. The average molecular weight is 460 g/mol. The molecule has 0 saturated carbocycles. The first-order valence-corrected chi connectivity index (χ1v) is 12.0. The first-order chi connectivity index (χ1) is 16.4. The number of nitrogens with one attached hydrogen (secondary N) is 1. The smallest absolute Gasteiger partial charge is 0.206 e. The van der Waals surface area contributed by atoms with Gasteiger partial charge in [-0.15, -0.1) is 0 Å². The first-order valence-electron chi connectivity index (χ1n) is 12.0. The summed E-state index contributed by atoms with van der Waals surface area (Å²) in [5.74, 6) is 1.29. The predicted octanol–water partition coefficient (Wildman–Crippen LogP) is 4.41. The fraction of sp³-hybridized carbons (Fsp3) is 0.407. The molecule has 1 atom stereocenters. The van der Waals surface area contributed by atoms with E-state index in [0.717, 1.165) is 29.1 Å². The van der Waals surface area contributed by atoms with Crippen molar-refractivity contribution in [3.8, 4) is 17.0 Å². The maximum absolute atomic E-state index is 11.1. The van der Waals surface area contributed by atoms with Crippen LogP contribution >= 0.6 is 0 Å². The van der Waals surface area contributed by atoms with E-state index < -0.39 is 12.0 Å². The molecule has 2 aliphatic rings. The van der Waals surface area contributed by atoms with Crippen molar-refractivity contribution in [3.05, 3.63) is 66.0 Å². The van der Waals surface area contributed by atoms with Gasteiger partial charge in [0.05, 0.1) is 24.1 Å². The molecule has 5 rings (SSSR count). The molecule has 178 valence electrons. The number of aliphatic hydroxyl groups excluding tert-OH is 1. The fourth-order valence-corrected chi connectivity index (χ4v) is 4.79. The normalized spacial score (nSPS) is 18.3. The lowest BCUT2D eigenvalue weighted by Gasteiger charge is -2.42. The molecule has 1 aromatic carbocycles. The van der Waals surface area contributed by atoms with E-state index in [2.05, 4.69) is 39.5 Å². The van der Waals surface area contributed by atoms with Crippen LogP contribution in [0.15, 0.2) is 54.9 Å². The van der Waals surface area contributed by atoms with Gasteiger partial charge in [0, 0.05) is 18.3 Å². The van der Waals surface area contributed by atoms with Gasteiger partial charge in [-0.3, -0.25) is 9.88 Å². The second-order valence-corrected chi connectivity index (χ2v) is 9.96. The predicted molar refractivity (Wildman–Crippen MR) is 135 cm³/mol. The molecule has 1 saturated heterocycles. The number of likely N-dealkylation sites (tertiary alicyclic amines) is 1. The van der Waals surface area contributed by atoms with Crippen LogP contribution in [-0.2, 0) is 6.54 Å². The van der Waals surface area contributed by atoms with Crippen molar-refractivity contribution in [3.63, 3.8) is 0 Å². The Kier molecular flexibility index (Phi) is 6.15. The van der Waals surface area contributed by atoms with Crippen LogP contribution in [0.1, 0.15) is 37.8 Å². The van der Waals surface area contributed by atoms with Gasteiger partial charge in [-0.2, -0.15) is 0 Å². The molecule has 4 heterocycles. The van der Waals surface area contributed by atoms with E-state index in [1.165, 1.54) is 31.5 Å². The van der Waals surface area contributed by atoms with Crippen LogP contribution < -0.4 is 15.0 Å². The third kappa shape index (κ3) is 5.00. The van der Waals surface area contributed by atoms with Crippen molar-refractivity contribution in [1.29, 1.82) is 0 Å². The molecule has 0 amide bonds. The van der Waals surface area contributed by atoms with Crippen molar-refractivity contribution in [2.75, 3.05) is 29.9 Å². The largest absolute Gasteiger partial charge is 0.482 e. The molecular weight excluding hydrogens is 426 g/mol. The number of nitrogens with zero attached hydrogens (tertiary/aromatic N) is 4. The Morgan fingerprint density at radius 2 is 1.94 bits per heavy atom. The highest BCUT2D eigenvalue weighted by Crippen LogP contribution is 2.38.